The van der Waals surface area contributed by atoms with Crippen molar-refractivity contribution in [2.45, 2.75) is 25.7 Å². The van der Waals surface area contributed by atoms with E-state index < -0.39 is 0 Å². The Kier molecular flexibility index (Phi) is 4.94. The maximum Gasteiger partial charge on any atom is 0.168 e. The minimum atomic E-state index is -0.0989. The van der Waals surface area contributed by atoms with Crippen LogP contribution in [0, 0.1) is 0 Å². The Bertz CT molecular complexity index is 1110. The lowest BCUT2D eigenvalue weighted by molar-refractivity contribution is -0.115. The van der Waals surface area contributed by atoms with Crippen molar-refractivity contribution in [1.82, 2.24) is 0 Å². The molecule has 140 valence electrons. The third-order valence-corrected chi connectivity index (χ3v) is 5.05. The number of aromatic hydroxyl groups is 1. The van der Waals surface area contributed by atoms with Gasteiger partial charge in [-0.2, -0.15) is 0 Å². The number of phenols is 1. The number of carbonyl (C=O) groups excluding carboxylic acids is 1. The van der Waals surface area contributed by atoms with Crippen LogP contribution in [0.25, 0.3) is 10.8 Å². The fourth-order valence-electron chi connectivity index (χ4n) is 3.69. The van der Waals surface area contributed by atoms with E-state index in [0.29, 0.717) is 36.2 Å². The number of aliphatic imine (C=N–C) groups is 1. The second-order valence-electron chi connectivity index (χ2n) is 6.96. The minimum absolute atomic E-state index is 0.0372. The van der Waals surface area contributed by atoms with Crippen molar-refractivity contribution in [3.05, 3.63) is 83.6 Å². The number of benzene rings is 3. The van der Waals surface area contributed by atoms with E-state index >= 15 is 0 Å². The summed E-state index contributed by atoms with van der Waals surface area (Å²) < 4.78 is 0. The predicted octanol–water partition coefficient (Wildman–Crippen LogP) is 5.43. The first-order chi connectivity index (χ1) is 13.6. The number of aliphatic hydroxyl groups is 1. The molecule has 28 heavy (non-hydrogen) atoms. The molecule has 4 rings (SSSR count). The topological polar surface area (TPSA) is 69.9 Å². The minimum Gasteiger partial charge on any atom is -0.511 e. The van der Waals surface area contributed by atoms with Gasteiger partial charge in [-0.3, -0.25) is 4.79 Å². The molecule has 4 nitrogen and oxygen atoms in total. The van der Waals surface area contributed by atoms with Gasteiger partial charge in [0.2, 0.25) is 0 Å². The molecule has 1 fully saturated rings. The number of aliphatic hydroxyl groups excluding tert-OH is 1. The summed E-state index contributed by atoms with van der Waals surface area (Å²) in [7, 11) is 0. The zero-order valence-corrected chi connectivity index (χ0v) is 15.4. The van der Waals surface area contributed by atoms with Crippen molar-refractivity contribution in [2.24, 2.45) is 4.99 Å². The number of para-hydroxylation sites is 2. The normalized spacial score (nSPS) is 17.9. The number of ketones is 1. The molecule has 0 saturated heterocycles. The van der Waals surface area contributed by atoms with Crippen LogP contribution in [-0.4, -0.2) is 21.7 Å². The van der Waals surface area contributed by atoms with Gasteiger partial charge in [-0.15, -0.1) is 0 Å². The smallest absolute Gasteiger partial charge is 0.168 e. The summed E-state index contributed by atoms with van der Waals surface area (Å²) in [5.74, 6) is -0.00528. The van der Waals surface area contributed by atoms with Gasteiger partial charge < -0.3 is 10.2 Å². The number of allylic oxidation sites excluding steroid dienone is 2. The average Bonchev–Trinajstić information content (AvgIpc) is 2.70. The van der Waals surface area contributed by atoms with Crippen LogP contribution in [0.3, 0.4) is 0 Å². The number of carbonyl (C=O) groups is 1. The van der Waals surface area contributed by atoms with E-state index in [1.54, 1.807) is 24.3 Å². The summed E-state index contributed by atoms with van der Waals surface area (Å²) in [5.41, 5.74) is 2.20. The Morgan fingerprint density at radius 1 is 0.929 bits per heavy atom. The van der Waals surface area contributed by atoms with Crippen LogP contribution < -0.4 is 0 Å². The lowest BCUT2D eigenvalue weighted by Gasteiger charge is -2.18. The zero-order chi connectivity index (χ0) is 19.5. The monoisotopic (exact) mass is 371 g/mol. The van der Waals surface area contributed by atoms with E-state index in [-0.39, 0.29) is 23.7 Å². The van der Waals surface area contributed by atoms with E-state index in [9.17, 15) is 15.0 Å². The molecule has 0 radical (unpaired) electrons. The Labute approximate surface area is 163 Å². The summed E-state index contributed by atoms with van der Waals surface area (Å²) in [6.07, 6.45) is 1.95. The van der Waals surface area contributed by atoms with Crippen LogP contribution >= 0.6 is 0 Å². The van der Waals surface area contributed by atoms with Gasteiger partial charge in [0.25, 0.3) is 0 Å². The SMILES string of the molecule is O=C1CCCC(=Nc2ccccc2O)/C1=C(/O)Cc1cccc2ccccc12. The van der Waals surface area contributed by atoms with E-state index in [0.717, 1.165) is 16.3 Å². The van der Waals surface area contributed by atoms with Gasteiger partial charge in [0.15, 0.2) is 5.78 Å². The molecule has 2 N–H and O–H groups in total. The first kappa shape index (κ1) is 18.0. The van der Waals surface area contributed by atoms with Gasteiger partial charge in [0.1, 0.15) is 17.2 Å². The van der Waals surface area contributed by atoms with Gasteiger partial charge in [0.05, 0.1) is 11.3 Å². The van der Waals surface area contributed by atoms with Crippen molar-refractivity contribution >= 4 is 28.0 Å². The molecule has 1 aliphatic rings. The van der Waals surface area contributed by atoms with Crippen molar-refractivity contribution in [3.63, 3.8) is 0 Å². The number of nitrogens with zero attached hydrogens (tertiary/aromatic N) is 1. The highest BCUT2D eigenvalue weighted by Gasteiger charge is 2.26. The summed E-state index contributed by atoms with van der Waals surface area (Å²) in [4.78, 5) is 17.1. The Morgan fingerprint density at radius 3 is 2.54 bits per heavy atom. The molecule has 0 amide bonds. The maximum atomic E-state index is 12.6. The van der Waals surface area contributed by atoms with Crippen molar-refractivity contribution in [2.75, 3.05) is 0 Å². The second-order valence-corrected chi connectivity index (χ2v) is 6.96. The molecule has 0 aromatic heterocycles. The van der Waals surface area contributed by atoms with Crippen LogP contribution in [0.15, 0.2) is 83.1 Å². The van der Waals surface area contributed by atoms with E-state index in [2.05, 4.69) is 4.99 Å². The zero-order valence-electron chi connectivity index (χ0n) is 15.4. The average molecular weight is 371 g/mol. The van der Waals surface area contributed by atoms with Crippen LogP contribution in [0.4, 0.5) is 5.69 Å². The fourth-order valence-corrected chi connectivity index (χ4v) is 3.69. The third-order valence-electron chi connectivity index (χ3n) is 5.05. The molecule has 4 heteroatoms. The molecule has 0 atom stereocenters. The lowest BCUT2D eigenvalue weighted by Crippen LogP contribution is -2.21. The molecule has 3 aromatic rings. The van der Waals surface area contributed by atoms with Crippen molar-refractivity contribution < 1.29 is 15.0 Å². The van der Waals surface area contributed by atoms with Crippen LogP contribution in [0.5, 0.6) is 5.75 Å². The predicted molar refractivity (Wildman–Crippen MR) is 111 cm³/mol. The van der Waals surface area contributed by atoms with Gasteiger partial charge in [-0.1, -0.05) is 54.6 Å². The third kappa shape index (κ3) is 3.54. The van der Waals surface area contributed by atoms with E-state index in [1.165, 1.54) is 0 Å². The number of fused-ring (bicyclic) bond motifs is 1. The number of Topliss-reactive ketones (excluding diaryl/α,β-unsaturated/α-hetero) is 1. The Balaban J connectivity index is 1.77. The number of rotatable bonds is 3. The van der Waals surface area contributed by atoms with Gasteiger partial charge >= 0.3 is 0 Å². The fraction of sp³-hybridized carbons (Fsp3) is 0.167. The Morgan fingerprint density at radius 2 is 1.68 bits per heavy atom. The highest BCUT2D eigenvalue weighted by molar-refractivity contribution is 6.24. The standard InChI is InChI=1S/C24H21NO3/c26-21-13-4-3-11-19(21)25-20-12-6-14-22(27)24(20)23(28)15-17-9-5-8-16-7-1-2-10-18(16)17/h1-5,7-11,13,26,28H,6,12,14-15H2/b24-23-,25-20?. The van der Waals surface area contributed by atoms with Crippen LogP contribution in [0.1, 0.15) is 24.8 Å². The molecule has 0 heterocycles. The highest BCUT2D eigenvalue weighted by Crippen LogP contribution is 2.30. The molecular weight excluding hydrogens is 350 g/mol. The molecular formula is C24H21NO3. The van der Waals surface area contributed by atoms with Crippen LogP contribution in [0.2, 0.25) is 0 Å². The van der Waals surface area contributed by atoms with Crippen LogP contribution in [-0.2, 0) is 11.2 Å². The first-order valence-electron chi connectivity index (χ1n) is 9.41. The quantitative estimate of drug-likeness (QED) is 0.477. The largest absolute Gasteiger partial charge is 0.511 e. The summed E-state index contributed by atoms with van der Waals surface area (Å²) >= 11 is 0. The van der Waals surface area contributed by atoms with Gasteiger partial charge in [0, 0.05) is 12.8 Å². The first-order valence-corrected chi connectivity index (χ1v) is 9.41. The van der Waals surface area contributed by atoms with E-state index in [4.69, 9.17) is 0 Å². The molecule has 0 bridgehead atoms. The lowest BCUT2D eigenvalue weighted by atomic mass is 9.88. The number of phenolic OH excluding ortho intramolecular Hbond substituents is 1. The highest BCUT2D eigenvalue weighted by atomic mass is 16.3. The Hall–Kier alpha value is -3.40. The van der Waals surface area contributed by atoms with Gasteiger partial charge in [-0.25, -0.2) is 4.99 Å². The molecule has 0 aliphatic heterocycles. The number of hydrogen-bond acceptors (Lipinski definition) is 4. The second kappa shape index (κ2) is 7.69. The molecule has 3 aromatic carbocycles. The van der Waals surface area contributed by atoms with Crippen molar-refractivity contribution in [1.29, 1.82) is 0 Å². The maximum absolute atomic E-state index is 12.6. The molecule has 0 spiro atoms. The van der Waals surface area contributed by atoms with Gasteiger partial charge in [-0.05, 0) is 41.3 Å². The van der Waals surface area contributed by atoms with Crippen molar-refractivity contribution in [3.8, 4) is 5.75 Å². The van der Waals surface area contributed by atoms with E-state index in [1.807, 2.05) is 42.5 Å². The molecule has 1 saturated carbocycles. The number of hydrogen-bond donors (Lipinski definition) is 2. The molecule has 0 unspecified atom stereocenters. The molecule has 1 aliphatic carbocycles. The summed E-state index contributed by atoms with van der Waals surface area (Å²) in [6, 6.07) is 20.7. The summed E-state index contributed by atoms with van der Waals surface area (Å²) in [6.45, 7) is 0. The summed E-state index contributed by atoms with van der Waals surface area (Å²) in [5, 5.41) is 23.1.